The lowest BCUT2D eigenvalue weighted by molar-refractivity contribution is -0.898. The van der Waals surface area contributed by atoms with Gasteiger partial charge in [0.1, 0.15) is 5.75 Å². The summed E-state index contributed by atoms with van der Waals surface area (Å²) in [5, 5.41) is 6.80. The van der Waals surface area contributed by atoms with E-state index in [-0.39, 0.29) is 0 Å². The average Bonchev–Trinajstić information content (AvgIpc) is 3.06. The molecule has 0 unspecified atom stereocenters. The summed E-state index contributed by atoms with van der Waals surface area (Å²) in [6.07, 6.45) is 5.43. The minimum atomic E-state index is 0.578. The molecular weight excluding hydrogens is 410 g/mol. The molecule has 7 heteroatoms. The van der Waals surface area contributed by atoms with Crippen LogP contribution in [0.15, 0.2) is 35.7 Å². The van der Waals surface area contributed by atoms with Crippen LogP contribution in [0.1, 0.15) is 30.6 Å². The van der Waals surface area contributed by atoms with Crippen LogP contribution in [0.4, 0.5) is 5.69 Å². The summed E-state index contributed by atoms with van der Waals surface area (Å²) < 4.78 is 5.23. The highest BCUT2D eigenvalue weighted by molar-refractivity contribution is 7.80. The van der Waals surface area contributed by atoms with Crippen molar-refractivity contribution in [2.75, 3.05) is 38.6 Å². The maximum absolute atomic E-state index is 6.26. The third kappa shape index (κ3) is 6.34. The first-order valence-electron chi connectivity index (χ1n) is 9.91. The van der Waals surface area contributed by atoms with Crippen LogP contribution in [0.25, 0.3) is 0 Å². The van der Waals surface area contributed by atoms with Gasteiger partial charge in [-0.1, -0.05) is 17.7 Å². The lowest BCUT2D eigenvalue weighted by atomic mass is 10.2. The van der Waals surface area contributed by atoms with Crippen molar-refractivity contribution in [3.05, 3.63) is 45.6 Å². The Labute approximate surface area is 182 Å². The van der Waals surface area contributed by atoms with Gasteiger partial charge in [0.2, 0.25) is 0 Å². The van der Waals surface area contributed by atoms with Crippen molar-refractivity contribution < 1.29 is 9.64 Å². The normalized spacial score (nSPS) is 15.1. The highest BCUT2D eigenvalue weighted by Gasteiger charge is 2.17. The van der Waals surface area contributed by atoms with E-state index >= 15 is 0 Å². The Hall–Kier alpha value is -1.34. The topological polar surface area (TPSA) is 28.9 Å². The predicted molar refractivity (Wildman–Crippen MR) is 123 cm³/mol. The number of ether oxygens (including phenoxy) is 1. The van der Waals surface area contributed by atoms with E-state index in [1.54, 1.807) is 23.3 Å². The van der Waals surface area contributed by atoms with Gasteiger partial charge < -0.3 is 19.9 Å². The average molecular weight is 439 g/mol. The van der Waals surface area contributed by atoms with E-state index in [4.69, 9.17) is 28.6 Å². The zero-order chi connectivity index (χ0) is 19.8. The third-order valence-electron chi connectivity index (χ3n) is 5.16. The highest BCUT2D eigenvalue weighted by Crippen LogP contribution is 2.27. The van der Waals surface area contributed by atoms with Gasteiger partial charge in [-0.2, -0.15) is 0 Å². The summed E-state index contributed by atoms with van der Waals surface area (Å²) in [6.45, 7) is 5.46. The third-order valence-corrected chi connectivity index (χ3v) is 6.68. The summed E-state index contributed by atoms with van der Waals surface area (Å²) in [5.41, 5.74) is 0.883. The Morgan fingerprint density at radius 2 is 2.04 bits per heavy atom. The summed E-state index contributed by atoms with van der Waals surface area (Å²) in [5.74, 6) is 0.665. The van der Waals surface area contributed by atoms with Crippen molar-refractivity contribution in [1.82, 2.24) is 4.90 Å². The number of thiophene rings is 1. The van der Waals surface area contributed by atoms with Gasteiger partial charge in [0, 0.05) is 10.6 Å². The summed E-state index contributed by atoms with van der Waals surface area (Å²) in [7, 11) is 1.62. The fourth-order valence-electron chi connectivity index (χ4n) is 3.56. The first-order chi connectivity index (χ1) is 13.7. The number of halogens is 1. The standard InChI is InChI=1S/C21H28ClN3OS2/c1-26-20-9-8-17(15-19(20)22)23-21(27)25(16-18-7-6-14-28-18)13-12-24-10-4-2-3-5-11-24/h6-9,14-15H,2-5,10-13,16H2,1H3,(H,23,27)/p+1. The van der Waals surface area contributed by atoms with E-state index in [1.807, 2.05) is 18.2 Å². The number of likely N-dealkylation sites (tertiary alicyclic amines) is 1. The quantitative estimate of drug-likeness (QED) is 0.637. The molecular formula is C21H29ClN3OS2+. The molecule has 0 bridgehead atoms. The lowest BCUT2D eigenvalue weighted by Crippen LogP contribution is -3.12. The molecule has 1 aromatic heterocycles. The van der Waals surface area contributed by atoms with Gasteiger partial charge in [0.15, 0.2) is 5.11 Å². The molecule has 0 amide bonds. The summed E-state index contributed by atoms with van der Waals surface area (Å²) in [4.78, 5) is 5.30. The molecule has 0 saturated carbocycles. The molecule has 4 nitrogen and oxygen atoms in total. The van der Waals surface area contributed by atoms with Gasteiger partial charge in [-0.15, -0.1) is 11.3 Å². The minimum absolute atomic E-state index is 0.578. The van der Waals surface area contributed by atoms with Gasteiger partial charge in [0.25, 0.3) is 0 Å². The summed E-state index contributed by atoms with van der Waals surface area (Å²) in [6, 6.07) is 9.93. The van der Waals surface area contributed by atoms with Crippen LogP contribution in [0.3, 0.4) is 0 Å². The number of rotatable bonds is 7. The SMILES string of the molecule is COc1ccc(NC(=S)N(CC[NH+]2CCCCCC2)Cc2cccs2)cc1Cl. The molecule has 1 aliphatic rings. The smallest absolute Gasteiger partial charge is 0.173 e. The van der Waals surface area contributed by atoms with E-state index in [1.165, 1.54) is 43.6 Å². The van der Waals surface area contributed by atoms with Crippen molar-refractivity contribution in [2.24, 2.45) is 0 Å². The second-order valence-corrected chi connectivity index (χ2v) is 9.02. The first kappa shape index (κ1) is 21.4. The number of hydrogen-bond acceptors (Lipinski definition) is 3. The number of nitrogens with zero attached hydrogens (tertiary/aromatic N) is 1. The molecule has 1 saturated heterocycles. The Balaban J connectivity index is 1.64. The maximum atomic E-state index is 6.26. The van der Waals surface area contributed by atoms with Crippen LogP contribution in [-0.2, 0) is 6.54 Å². The van der Waals surface area contributed by atoms with E-state index < -0.39 is 0 Å². The molecule has 2 N–H and O–H groups in total. The molecule has 2 heterocycles. The fraction of sp³-hybridized carbons (Fsp3) is 0.476. The van der Waals surface area contributed by atoms with Crippen molar-refractivity contribution in [3.63, 3.8) is 0 Å². The monoisotopic (exact) mass is 438 g/mol. The Morgan fingerprint density at radius 3 is 2.68 bits per heavy atom. The molecule has 1 aromatic carbocycles. The van der Waals surface area contributed by atoms with Crippen molar-refractivity contribution in [1.29, 1.82) is 0 Å². The zero-order valence-electron chi connectivity index (χ0n) is 16.4. The van der Waals surface area contributed by atoms with E-state index in [2.05, 4.69) is 27.7 Å². The van der Waals surface area contributed by atoms with Gasteiger partial charge >= 0.3 is 0 Å². The van der Waals surface area contributed by atoms with E-state index in [0.29, 0.717) is 10.8 Å². The van der Waals surface area contributed by atoms with Gasteiger partial charge in [-0.05, 0) is 67.5 Å². The largest absolute Gasteiger partial charge is 0.495 e. The molecule has 0 aliphatic carbocycles. The van der Waals surface area contributed by atoms with Crippen LogP contribution < -0.4 is 15.0 Å². The molecule has 3 rings (SSSR count). The van der Waals surface area contributed by atoms with Gasteiger partial charge in [0.05, 0.1) is 44.9 Å². The number of thiocarbonyl (C=S) groups is 1. The fourth-order valence-corrected chi connectivity index (χ4v) is 4.81. The Kier molecular flexibility index (Phi) is 8.40. The second-order valence-electron chi connectivity index (χ2n) is 7.19. The molecule has 0 radical (unpaired) electrons. The molecule has 1 fully saturated rings. The van der Waals surface area contributed by atoms with Crippen LogP contribution in [0.2, 0.25) is 5.02 Å². The van der Waals surface area contributed by atoms with Crippen molar-refractivity contribution in [3.8, 4) is 5.75 Å². The van der Waals surface area contributed by atoms with Crippen LogP contribution >= 0.6 is 35.2 Å². The van der Waals surface area contributed by atoms with Crippen molar-refractivity contribution >= 4 is 46.0 Å². The Morgan fingerprint density at radius 1 is 1.25 bits per heavy atom. The summed E-state index contributed by atoms with van der Waals surface area (Å²) >= 11 is 13.8. The van der Waals surface area contributed by atoms with Crippen LogP contribution in [0, 0.1) is 0 Å². The Bertz CT molecular complexity index is 746. The molecule has 2 aromatic rings. The molecule has 0 atom stereocenters. The van der Waals surface area contributed by atoms with Gasteiger partial charge in [-0.3, -0.25) is 0 Å². The number of nitrogens with one attached hydrogen (secondary N) is 2. The minimum Gasteiger partial charge on any atom is -0.495 e. The number of anilines is 1. The predicted octanol–water partition coefficient (Wildman–Crippen LogP) is 4.07. The van der Waals surface area contributed by atoms with E-state index in [0.717, 1.165) is 30.4 Å². The van der Waals surface area contributed by atoms with E-state index in [9.17, 15) is 0 Å². The van der Waals surface area contributed by atoms with Crippen molar-refractivity contribution in [2.45, 2.75) is 32.2 Å². The number of methoxy groups -OCH3 is 1. The molecule has 1 aliphatic heterocycles. The molecule has 28 heavy (non-hydrogen) atoms. The number of quaternary nitrogens is 1. The number of benzene rings is 1. The molecule has 152 valence electrons. The lowest BCUT2D eigenvalue weighted by Gasteiger charge is -2.27. The van der Waals surface area contributed by atoms with Gasteiger partial charge in [-0.25, -0.2) is 0 Å². The highest BCUT2D eigenvalue weighted by atomic mass is 35.5. The zero-order valence-corrected chi connectivity index (χ0v) is 18.8. The second kappa shape index (κ2) is 11.0. The van der Waals surface area contributed by atoms with Crippen LogP contribution in [0.5, 0.6) is 5.75 Å². The maximum Gasteiger partial charge on any atom is 0.173 e. The molecule has 0 spiro atoms. The number of hydrogen-bond donors (Lipinski definition) is 2. The van der Waals surface area contributed by atoms with Crippen LogP contribution in [-0.4, -0.2) is 43.3 Å². The first-order valence-corrected chi connectivity index (χ1v) is 11.6.